The molecule has 4 nitrogen and oxygen atoms in total. The van der Waals surface area contributed by atoms with E-state index in [2.05, 4.69) is 9.13 Å². The Balaban J connectivity index is 2.89. The zero-order chi connectivity index (χ0) is 10.1. The quantitative estimate of drug-likeness (QED) is 0.659. The highest BCUT2D eigenvalue weighted by atomic mass is 32.2. The smallest absolute Gasteiger partial charge is 0.480 e. The van der Waals surface area contributed by atoms with Crippen molar-refractivity contribution in [2.45, 2.75) is 18.3 Å². The van der Waals surface area contributed by atoms with Crippen LogP contribution in [-0.4, -0.2) is 26.4 Å². The first kappa shape index (κ1) is 10.3. The average Bonchev–Trinajstić information content (AvgIpc) is 2.35. The Morgan fingerprint density at radius 1 is 1.38 bits per heavy atom. The van der Waals surface area contributed by atoms with Gasteiger partial charge in [0.2, 0.25) is 0 Å². The number of hydrogen-bond donors (Lipinski definition) is 0. The van der Waals surface area contributed by atoms with Crippen LogP contribution in [-0.2, 0) is 14.8 Å². The van der Waals surface area contributed by atoms with Crippen LogP contribution in [0.4, 0.5) is 13.2 Å². The van der Waals surface area contributed by atoms with Crippen molar-refractivity contribution in [3.05, 3.63) is 0 Å². The van der Waals surface area contributed by atoms with Crippen LogP contribution in [0.15, 0.2) is 4.40 Å². The summed E-state index contributed by atoms with van der Waals surface area (Å²) in [5, 5.41) is 0. The van der Waals surface area contributed by atoms with E-state index in [1.165, 1.54) is 0 Å². The highest BCUT2D eigenvalue weighted by Crippen LogP contribution is 2.25. The van der Waals surface area contributed by atoms with Crippen molar-refractivity contribution in [1.82, 2.24) is 0 Å². The molecule has 1 aliphatic rings. The van der Waals surface area contributed by atoms with E-state index in [1.807, 2.05) is 0 Å². The van der Waals surface area contributed by atoms with Gasteiger partial charge in [-0.05, 0) is 6.42 Å². The van der Waals surface area contributed by atoms with Gasteiger partial charge in [0.25, 0.3) is 0 Å². The van der Waals surface area contributed by atoms with E-state index < -0.39 is 15.5 Å². The van der Waals surface area contributed by atoms with E-state index in [0.717, 1.165) is 0 Å². The van der Waals surface area contributed by atoms with E-state index in [4.69, 9.17) is 0 Å². The van der Waals surface area contributed by atoms with Gasteiger partial charge < -0.3 is 4.74 Å². The molecule has 0 unspecified atom stereocenters. The van der Waals surface area contributed by atoms with Gasteiger partial charge in [-0.15, -0.1) is 4.40 Å². The molecule has 1 heterocycles. The van der Waals surface area contributed by atoms with E-state index in [-0.39, 0.29) is 18.9 Å². The van der Waals surface area contributed by atoms with Crippen LogP contribution in [0.1, 0.15) is 12.8 Å². The minimum Gasteiger partial charge on any atom is -0.480 e. The van der Waals surface area contributed by atoms with E-state index in [1.54, 1.807) is 0 Å². The first-order valence-electron chi connectivity index (χ1n) is 3.36. The zero-order valence-electron chi connectivity index (χ0n) is 6.34. The third kappa shape index (κ3) is 2.33. The van der Waals surface area contributed by atoms with E-state index in [9.17, 15) is 21.6 Å². The van der Waals surface area contributed by atoms with Crippen LogP contribution in [0.3, 0.4) is 0 Å². The molecule has 0 amide bonds. The molecule has 8 heteroatoms. The number of ether oxygens (including phenoxy) is 1. The Morgan fingerprint density at radius 3 is 2.38 bits per heavy atom. The Bertz CT molecular complexity index is 310. The molecule has 0 aromatic rings. The molecule has 0 N–H and O–H groups in total. The predicted molar refractivity (Wildman–Crippen MR) is 37.6 cm³/mol. The van der Waals surface area contributed by atoms with Crippen molar-refractivity contribution >= 4 is 15.9 Å². The maximum Gasteiger partial charge on any atom is 0.518 e. The first-order chi connectivity index (χ1) is 5.83. The molecule has 0 radical (unpaired) electrons. The summed E-state index contributed by atoms with van der Waals surface area (Å²) in [6.07, 6.45) is 0.627. The SMILES string of the molecule is O=S(=O)(N=C1CCCO1)C(F)(F)F. The molecule has 13 heavy (non-hydrogen) atoms. The topological polar surface area (TPSA) is 55.7 Å². The normalized spacial score (nSPS) is 21.9. The third-order valence-electron chi connectivity index (χ3n) is 1.32. The largest absolute Gasteiger partial charge is 0.518 e. The Morgan fingerprint density at radius 2 is 2.00 bits per heavy atom. The fourth-order valence-electron chi connectivity index (χ4n) is 0.743. The van der Waals surface area contributed by atoms with Crippen LogP contribution < -0.4 is 0 Å². The lowest BCUT2D eigenvalue weighted by Crippen LogP contribution is -2.22. The van der Waals surface area contributed by atoms with Crippen molar-refractivity contribution in [2.75, 3.05) is 6.61 Å². The lowest BCUT2D eigenvalue weighted by molar-refractivity contribution is -0.0435. The molecule has 1 fully saturated rings. The van der Waals surface area contributed by atoms with Crippen LogP contribution in [0.5, 0.6) is 0 Å². The number of alkyl halides is 3. The fourth-order valence-corrected chi connectivity index (χ4v) is 1.26. The minimum absolute atomic E-state index is 0.134. The summed E-state index contributed by atoms with van der Waals surface area (Å²) in [5.74, 6) is -0.364. The van der Waals surface area contributed by atoms with E-state index >= 15 is 0 Å². The minimum atomic E-state index is -5.42. The average molecular weight is 217 g/mol. The highest BCUT2D eigenvalue weighted by Gasteiger charge is 2.46. The molecule has 1 rings (SSSR count). The van der Waals surface area contributed by atoms with Gasteiger partial charge in [-0.25, -0.2) is 0 Å². The lowest BCUT2D eigenvalue weighted by Gasteiger charge is -2.03. The first-order valence-corrected chi connectivity index (χ1v) is 4.80. The summed E-state index contributed by atoms with van der Waals surface area (Å²) in [7, 11) is -5.42. The van der Waals surface area contributed by atoms with Gasteiger partial charge in [0.05, 0.1) is 6.61 Å². The molecule has 1 aliphatic heterocycles. The summed E-state index contributed by atoms with van der Waals surface area (Å²) in [5.41, 5.74) is -5.34. The van der Waals surface area contributed by atoms with E-state index in [0.29, 0.717) is 6.42 Å². The van der Waals surface area contributed by atoms with Crippen molar-refractivity contribution in [2.24, 2.45) is 4.40 Å². The van der Waals surface area contributed by atoms with Gasteiger partial charge in [0.1, 0.15) is 0 Å². The Hall–Kier alpha value is -0.790. The van der Waals surface area contributed by atoms with Gasteiger partial charge in [0.15, 0.2) is 5.90 Å². The summed E-state index contributed by atoms with van der Waals surface area (Å²) in [6.45, 7) is 0.214. The molecule has 0 saturated carbocycles. The monoisotopic (exact) mass is 217 g/mol. The second-order valence-electron chi connectivity index (χ2n) is 2.36. The lowest BCUT2D eigenvalue weighted by atomic mass is 10.4. The van der Waals surface area contributed by atoms with Crippen LogP contribution in [0.2, 0.25) is 0 Å². The van der Waals surface area contributed by atoms with Crippen LogP contribution >= 0.6 is 0 Å². The summed E-state index contributed by atoms with van der Waals surface area (Å²) < 4.78 is 63.1. The Labute approximate surface area is 72.5 Å². The molecule has 0 bridgehead atoms. The van der Waals surface area contributed by atoms with Gasteiger partial charge >= 0.3 is 15.5 Å². The molecule has 0 spiro atoms. The van der Waals surface area contributed by atoms with Gasteiger partial charge in [0, 0.05) is 6.42 Å². The maximum atomic E-state index is 11.7. The predicted octanol–water partition coefficient (Wildman–Crippen LogP) is 1.04. The van der Waals surface area contributed by atoms with Crippen LogP contribution in [0, 0.1) is 0 Å². The zero-order valence-corrected chi connectivity index (χ0v) is 7.15. The van der Waals surface area contributed by atoms with Gasteiger partial charge in [-0.2, -0.15) is 21.6 Å². The Kier molecular flexibility index (Phi) is 2.51. The number of nitrogens with zero attached hydrogens (tertiary/aromatic N) is 1. The fraction of sp³-hybridized carbons (Fsp3) is 0.800. The molecule has 1 saturated heterocycles. The third-order valence-corrected chi connectivity index (χ3v) is 2.35. The second-order valence-corrected chi connectivity index (χ2v) is 3.95. The molecular formula is C5H6F3NO3S. The molecular weight excluding hydrogens is 211 g/mol. The van der Waals surface area contributed by atoms with Gasteiger partial charge in [-0.3, -0.25) is 0 Å². The van der Waals surface area contributed by atoms with Crippen molar-refractivity contribution in [3.63, 3.8) is 0 Å². The summed E-state index contributed by atoms with van der Waals surface area (Å²) in [6, 6.07) is 0. The number of sulfonamides is 1. The van der Waals surface area contributed by atoms with Crippen LogP contribution in [0.25, 0.3) is 0 Å². The summed E-state index contributed by atoms with van der Waals surface area (Å²) >= 11 is 0. The molecule has 0 aromatic heterocycles. The molecule has 76 valence electrons. The molecule has 0 aliphatic carbocycles. The van der Waals surface area contributed by atoms with Crippen molar-refractivity contribution < 1.29 is 26.3 Å². The molecule has 0 atom stereocenters. The molecule has 0 aromatic carbocycles. The van der Waals surface area contributed by atoms with Crippen molar-refractivity contribution in [3.8, 4) is 0 Å². The second kappa shape index (κ2) is 3.17. The number of halogens is 3. The summed E-state index contributed by atoms with van der Waals surface area (Å²) in [4.78, 5) is 0. The number of rotatable bonds is 1. The maximum absolute atomic E-state index is 11.7. The standard InChI is InChI=1S/C5H6F3NO3S/c6-5(7,8)13(10,11)9-4-2-1-3-12-4/h1-3H2. The highest BCUT2D eigenvalue weighted by molar-refractivity contribution is 7.91. The van der Waals surface area contributed by atoms with Crippen molar-refractivity contribution in [1.29, 1.82) is 0 Å². The van der Waals surface area contributed by atoms with Gasteiger partial charge in [-0.1, -0.05) is 0 Å². The number of hydrogen-bond acceptors (Lipinski definition) is 3.